The molecule has 0 aliphatic carbocycles. The van der Waals surface area contributed by atoms with Gasteiger partial charge in [0.25, 0.3) is 0 Å². The quantitative estimate of drug-likeness (QED) is 0.909. The average molecular weight is 272 g/mol. The molecule has 2 N–H and O–H groups in total. The molecule has 2 unspecified atom stereocenters. The van der Waals surface area contributed by atoms with Gasteiger partial charge in [-0.25, -0.2) is 4.68 Å². The number of nitrogen functional groups attached to an aromatic ring is 1. The van der Waals surface area contributed by atoms with Crippen molar-refractivity contribution in [2.45, 2.75) is 32.7 Å². The topological polar surface area (TPSA) is 66.0 Å². The van der Waals surface area contributed by atoms with Crippen molar-refractivity contribution in [3.63, 3.8) is 0 Å². The van der Waals surface area contributed by atoms with Crippen molar-refractivity contribution in [3.05, 3.63) is 35.2 Å². The van der Waals surface area contributed by atoms with Crippen molar-refractivity contribution in [3.8, 4) is 5.75 Å². The molecule has 2 heterocycles. The largest absolute Gasteiger partial charge is 0.496 e. The lowest BCUT2D eigenvalue weighted by Crippen LogP contribution is -2.27. The summed E-state index contributed by atoms with van der Waals surface area (Å²) in [5, 5.41) is 4.28. The van der Waals surface area contributed by atoms with Crippen LogP contribution in [-0.2, 0) is 13.0 Å². The highest BCUT2D eigenvalue weighted by Gasteiger charge is 2.30. The van der Waals surface area contributed by atoms with Crippen LogP contribution in [0.1, 0.15) is 29.8 Å². The van der Waals surface area contributed by atoms with Crippen molar-refractivity contribution in [2.24, 2.45) is 5.92 Å². The van der Waals surface area contributed by atoms with E-state index in [-0.39, 0.29) is 0 Å². The molecule has 5 heteroatoms. The summed E-state index contributed by atoms with van der Waals surface area (Å²) in [6, 6.07) is 6.34. The number of aryl methyl sites for hydroxylation is 1. The van der Waals surface area contributed by atoms with Gasteiger partial charge in [0.2, 0.25) is 5.95 Å². The first-order valence-corrected chi connectivity index (χ1v) is 6.92. The molecule has 0 radical (unpaired) electrons. The molecule has 0 spiro atoms. The molecule has 20 heavy (non-hydrogen) atoms. The highest BCUT2D eigenvalue weighted by atomic mass is 16.5. The Labute approximate surface area is 118 Å². The summed E-state index contributed by atoms with van der Waals surface area (Å²) < 4.78 is 7.46. The zero-order chi connectivity index (χ0) is 14.3. The fourth-order valence-electron chi connectivity index (χ4n) is 3.04. The van der Waals surface area contributed by atoms with Gasteiger partial charge in [0.1, 0.15) is 11.6 Å². The van der Waals surface area contributed by atoms with Gasteiger partial charge in [-0.3, -0.25) is 0 Å². The third kappa shape index (κ3) is 2.13. The summed E-state index contributed by atoms with van der Waals surface area (Å²) >= 11 is 0. The lowest BCUT2D eigenvalue weighted by atomic mass is 9.82. The van der Waals surface area contributed by atoms with Crippen molar-refractivity contribution in [1.82, 2.24) is 14.8 Å². The maximum absolute atomic E-state index is 5.70. The van der Waals surface area contributed by atoms with Crippen LogP contribution < -0.4 is 10.5 Å². The van der Waals surface area contributed by atoms with Crippen LogP contribution in [0.4, 0.5) is 5.95 Å². The Balaban J connectivity index is 2.00. The molecule has 0 amide bonds. The third-order valence-electron chi connectivity index (χ3n) is 4.11. The predicted octanol–water partition coefficient (Wildman–Crippen LogP) is 2.15. The summed E-state index contributed by atoms with van der Waals surface area (Å²) in [6.45, 7) is 5.16. The van der Waals surface area contributed by atoms with Crippen LogP contribution in [0.2, 0.25) is 0 Å². The first-order valence-electron chi connectivity index (χ1n) is 6.92. The zero-order valence-corrected chi connectivity index (χ0v) is 12.1. The van der Waals surface area contributed by atoms with Gasteiger partial charge in [-0.15, -0.1) is 5.10 Å². The summed E-state index contributed by atoms with van der Waals surface area (Å²) in [5.74, 6) is 3.16. The van der Waals surface area contributed by atoms with Gasteiger partial charge in [0.15, 0.2) is 0 Å². The Bertz CT molecular complexity index is 635. The smallest absolute Gasteiger partial charge is 0.239 e. The number of methoxy groups -OCH3 is 1. The molecule has 0 fully saturated rings. The van der Waals surface area contributed by atoms with Crippen molar-refractivity contribution in [1.29, 1.82) is 0 Å². The van der Waals surface area contributed by atoms with Gasteiger partial charge in [-0.1, -0.05) is 24.6 Å². The average Bonchev–Trinajstić information content (AvgIpc) is 2.76. The molecule has 2 atom stereocenters. The predicted molar refractivity (Wildman–Crippen MR) is 77.8 cm³/mol. The number of hydrogen-bond donors (Lipinski definition) is 1. The zero-order valence-electron chi connectivity index (χ0n) is 12.1. The van der Waals surface area contributed by atoms with E-state index in [1.807, 2.05) is 10.7 Å². The molecule has 0 saturated heterocycles. The molecule has 2 aromatic rings. The van der Waals surface area contributed by atoms with E-state index in [0.29, 0.717) is 17.8 Å². The number of anilines is 1. The van der Waals surface area contributed by atoms with Crippen molar-refractivity contribution in [2.75, 3.05) is 12.8 Å². The third-order valence-corrected chi connectivity index (χ3v) is 4.11. The van der Waals surface area contributed by atoms with Gasteiger partial charge in [0.05, 0.1) is 13.7 Å². The van der Waals surface area contributed by atoms with E-state index in [9.17, 15) is 0 Å². The molecule has 1 aliphatic heterocycles. The van der Waals surface area contributed by atoms with Crippen molar-refractivity contribution >= 4 is 5.95 Å². The Hall–Kier alpha value is -2.04. The summed E-state index contributed by atoms with van der Waals surface area (Å²) in [7, 11) is 1.72. The molecular weight excluding hydrogens is 252 g/mol. The molecule has 106 valence electrons. The van der Waals surface area contributed by atoms with Crippen LogP contribution in [0.25, 0.3) is 0 Å². The summed E-state index contributed by atoms with van der Waals surface area (Å²) in [5.41, 5.74) is 8.20. The van der Waals surface area contributed by atoms with E-state index in [1.54, 1.807) is 7.11 Å². The van der Waals surface area contributed by atoms with Gasteiger partial charge in [-0.05, 0) is 24.5 Å². The minimum absolute atomic E-state index is 0.365. The Morgan fingerprint density at radius 2 is 2.20 bits per heavy atom. The molecule has 1 aromatic carbocycles. The van der Waals surface area contributed by atoms with Crippen LogP contribution in [0.5, 0.6) is 5.75 Å². The van der Waals surface area contributed by atoms with Gasteiger partial charge in [0, 0.05) is 12.3 Å². The minimum Gasteiger partial charge on any atom is -0.496 e. The Kier molecular flexibility index (Phi) is 3.12. The van der Waals surface area contributed by atoms with Crippen LogP contribution in [0.15, 0.2) is 18.2 Å². The number of nitrogens with zero attached hydrogens (tertiary/aromatic N) is 3. The number of ether oxygens (including phenoxy) is 1. The fraction of sp³-hybridized carbons (Fsp3) is 0.467. The first-order chi connectivity index (χ1) is 9.58. The molecule has 1 aromatic heterocycles. The Morgan fingerprint density at radius 3 is 2.95 bits per heavy atom. The van der Waals surface area contributed by atoms with Gasteiger partial charge in [-0.2, -0.15) is 4.98 Å². The van der Waals surface area contributed by atoms with E-state index in [4.69, 9.17) is 10.5 Å². The molecule has 5 nitrogen and oxygen atoms in total. The molecule has 1 aliphatic rings. The summed E-state index contributed by atoms with van der Waals surface area (Å²) in [4.78, 5) is 4.29. The second kappa shape index (κ2) is 4.81. The lowest BCUT2D eigenvalue weighted by Gasteiger charge is -2.30. The number of benzene rings is 1. The van der Waals surface area contributed by atoms with Crippen molar-refractivity contribution < 1.29 is 4.74 Å². The molecule has 3 rings (SSSR count). The highest BCUT2D eigenvalue weighted by Crippen LogP contribution is 2.38. The number of rotatable bonds is 2. The highest BCUT2D eigenvalue weighted by molar-refractivity contribution is 5.40. The van der Waals surface area contributed by atoms with E-state index < -0.39 is 0 Å². The van der Waals surface area contributed by atoms with Crippen LogP contribution in [0.3, 0.4) is 0 Å². The van der Waals surface area contributed by atoms with Gasteiger partial charge >= 0.3 is 0 Å². The van der Waals surface area contributed by atoms with Gasteiger partial charge < -0.3 is 10.5 Å². The molecule has 0 saturated carbocycles. The molecular formula is C15H20N4O. The normalized spacial score (nSPS) is 21.6. The second-order valence-electron chi connectivity index (χ2n) is 5.60. The number of fused-ring (bicyclic) bond motifs is 1. The van der Waals surface area contributed by atoms with E-state index >= 15 is 0 Å². The fourth-order valence-corrected chi connectivity index (χ4v) is 3.04. The van der Waals surface area contributed by atoms with Crippen LogP contribution >= 0.6 is 0 Å². The Morgan fingerprint density at radius 1 is 1.40 bits per heavy atom. The number of nitrogens with two attached hydrogens (primary N) is 1. The van der Waals surface area contributed by atoms with E-state index in [0.717, 1.165) is 24.5 Å². The summed E-state index contributed by atoms with van der Waals surface area (Å²) in [6.07, 6.45) is 0.895. The van der Waals surface area contributed by atoms with Crippen LogP contribution in [0, 0.1) is 12.8 Å². The monoisotopic (exact) mass is 272 g/mol. The molecule has 0 bridgehead atoms. The minimum atomic E-state index is 0.365. The maximum Gasteiger partial charge on any atom is 0.239 e. The second-order valence-corrected chi connectivity index (χ2v) is 5.60. The number of aromatic nitrogens is 3. The van der Waals surface area contributed by atoms with Crippen LogP contribution in [-0.4, -0.2) is 21.9 Å². The number of hydrogen-bond acceptors (Lipinski definition) is 4. The first kappa shape index (κ1) is 13.0. The standard InChI is InChI=1S/C15H20N4O/c1-9-4-5-13(20-3)11(6-9)12-8-19-14(7-10(12)2)17-15(16)18-19/h4-6,10,12H,7-8H2,1-3H3,(H2,16,18). The maximum atomic E-state index is 5.70. The lowest BCUT2D eigenvalue weighted by molar-refractivity contribution is 0.317. The van der Waals surface area contributed by atoms with E-state index in [1.165, 1.54) is 11.1 Å². The SMILES string of the molecule is COc1ccc(C)cc1C1Cn2nc(N)nc2CC1C. The van der Waals surface area contributed by atoms with E-state index in [2.05, 4.69) is 36.1 Å².